The van der Waals surface area contributed by atoms with Gasteiger partial charge >= 0.3 is 0 Å². The number of carbonyl (C=O) groups excluding carboxylic acids is 3. The first-order chi connectivity index (χ1) is 24.5. The number of rotatable bonds is 17. The van der Waals surface area contributed by atoms with E-state index in [1.165, 1.54) is 19.3 Å². The SMILES string of the molecule is CN1CCN(C(=O)CCCCCOc2ccccc2NC(=O)c2ccc(CNC(=O)c3ccccc3OCCCN3CCCCC3)cc2)CC1. The molecule has 2 aliphatic rings. The molecule has 10 nitrogen and oxygen atoms in total. The molecule has 10 heteroatoms. The van der Waals surface area contributed by atoms with Gasteiger partial charge in [0, 0.05) is 51.3 Å². The van der Waals surface area contributed by atoms with E-state index in [0.717, 1.165) is 77.1 Å². The monoisotopic (exact) mass is 683 g/mol. The highest BCUT2D eigenvalue weighted by molar-refractivity contribution is 6.05. The minimum absolute atomic E-state index is 0.200. The molecule has 3 aromatic carbocycles. The van der Waals surface area contributed by atoms with Crippen LogP contribution in [0.3, 0.4) is 0 Å². The molecule has 3 amide bonds. The number of amides is 3. The molecule has 50 heavy (non-hydrogen) atoms. The maximum Gasteiger partial charge on any atom is 0.255 e. The molecule has 0 spiro atoms. The number of unbranched alkanes of at least 4 members (excludes halogenated alkanes) is 2. The van der Waals surface area contributed by atoms with Crippen molar-refractivity contribution < 1.29 is 23.9 Å². The van der Waals surface area contributed by atoms with Crippen molar-refractivity contribution in [3.05, 3.63) is 89.5 Å². The zero-order valence-corrected chi connectivity index (χ0v) is 29.5. The number of ether oxygens (including phenoxy) is 2. The van der Waals surface area contributed by atoms with Crippen molar-refractivity contribution in [2.75, 3.05) is 71.4 Å². The molecule has 2 N–H and O–H groups in total. The number of piperidine rings is 1. The molecule has 0 aromatic heterocycles. The van der Waals surface area contributed by atoms with Crippen LogP contribution in [0, 0.1) is 0 Å². The van der Waals surface area contributed by atoms with Crippen LogP contribution in [0.15, 0.2) is 72.8 Å². The Bertz CT molecular complexity index is 1520. The molecule has 0 saturated carbocycles. The number of piperazine rings is 1. The molecule has 2 saturated heterocycles. The third-order valence-corrected chi connectivity index (χ3v) is 9.41. The predicted octanol–water partition coefficient (Wildman–Crippen LogP) is 5.84. The predicted molar refractivity (Wildman–Crippen MR) is 197 cm³/mol. The van der Waals surface area contributed by atoms with E-state index < -0.39 is 0 Å². The number of benzene rings is 3. The Morgan fingerprint density at radius 3 is 2.14 bits per heavy atom. The minimum atomic E-state index is -0.245. The van der Waals surface area contributed by atoms with Gasteiger partial charge in [0.15, 0.2) is 0 Å². The first-order valence-electron chi connectivity index (χ1n) is 18.3. The summed E-state index contributed by atoms with van der Waals surface area (Å²) in [5, 5.41) is 5.95. The Hall–Kier alpha value is -4.41. The summed E-state index contributed by atoms with van der Waals surface area (Å²) < 4.78 is 12.0. The van der Waals surface area contributed by atoms with Crippen molar-refractivity contribution in [3.63, 3.8) is 0 Å². The number of hydrogen-bond acceptors (Lipinski definition) is 7. The third kappa shape index (κ3) is 11.6. The molecule has 0 radical (unpaired) electrons. The van der Waals surface area contributed by atoms with Gasteiger partial charge in [-0.25, -0.2) is 0 Å². The Morgan fingerprint density at radius 1 is 0.680 bits per heavy atom. The fourth-order valence-corrected chi connectivity index (χ4v) is 6.33. The third-order valence-electron chi connectivity index (χ3n) is 9.41. The van der Waals surface area contributed by atoms with E-state index in [1.54, 1.807) is 18.2 Å². The van der Waals surface area contributed by atoms with Gasteiger partial charge in [-0.15, -0.1) is 0 Å². The molecule has 0 atom stereocenters. The lowest BCUT2D eigenvalue weighted by molar-refractivity contribution is -0.132. The van der Waals surface area contributed by atoms with Crippen LogP contribution in [0.1, 0.15) is 77.6 Å². The van der Waals surface area contributed by atoms with Gasteiger partial charge in [0.05, 0.1) is 24.5 Å². The molecule has 0 unspecified atom stereocenters. The van der Waals surface area contributed by atoms with Crippen LogP contribution >= 0.6 is 0 Å². The number of nitrogens with one attached hydrogen (secondary N) is 2. The van der Waals surface area contributed by atoms with E-state index in [0.29, 0.717) is 54.5 Å². The minimum Gasteiger partial charge on any atom is -0.493 e. The summed E-state index contributed by atoms with van der Waals surface area (Å²) in [5.74, 6) is 0.998. The fourth-order valence-electron chi connectivity index (χ4n) is 6.33. The van der Waals surface area contributed by atoms with E-state index in [2.05, 4.69) is 27.5 Å². The number of likely N-dealkylation sites (tertiary alicyclic amines) is 1. The average molecular weight is 684 g/mol. The summed E-state index contributed by atoms with van der Waals surface area (Å²) in [6.07, 6.45) is 7.94. The summed E-state index contributed by atoms with van der Waals surface area (Å²) in [7, 11) is 2.09. The second-order valence-electron chi connectivity index (χ2n) is 13.3. The van der Waals surface area contributed by atoms with Crippen LogP contribution in [0.5, 0.6) is 11.5 Å². The number of nitrogens with zero attached hydrogens (tertiary/aromatic N) is 3. The molecule has 3 aromatic rings. The van der Waals surface area contributed by atoms with Gasteiger partial charge in [0.2, 0.25) is 5.91 Å². The Morgan fingerprint density at radius 2 is 1.36 bits per heavy atom. The maximum atomic E-state index is 13.1. The van der Waals surface area contributed by atoms with E-state index in [-0.39, 0.29) is 17.7 Å². The van der Waals surface area contributed by atoms with E-state index >= 15 is 0 Å². The van der Waals surface area contributed by atoms with E-state index in [9.17, 15) is 14.4 Å². The molecular weight excluding hydrogens is 630 g/mol. The highest BCUT2D eigenvalue weighted by atomic mass is 16.5. The fraction of sp³-hybridized carbons (Fsp3) is 0.475. The quantitative estimate of drug-likeness (QED) is 0.173. The topological polar surface area (TPSA) is 103 Å². The average Bonchev–Trinajstić information content (AvgIpc) is 3.15. The van der Waals surface area contributed by atoms with Crippen LogP contribution < -0.4 is 20.1 Å². The highest BCUT2D eigenvalue weighted by Crippen LogP contribution is 2.25. The smallest absolute Gasteiger partial charge is 0.255 e. The van der Waals surface area contributed by atoms with Gasteiger partial charge in [-0.05, 0) is 101 Å². The molecule has 2 heterocycles. The molecule has 0 bridgehead atoms. The van der Waals surface area contributed by atoms with Gasteiger partial charge in [0.25, 0.3) is 11.8 Å². The number of carbonyl (C=O) groups is 3. The number of anilines is 1. The molecular formula is C40H53N5O5. The Labute approximate surface area is 297 Å². The normalized spacial score (nSPS) is 15.3. The van der Waals surface area contributed by atoms with E-state index in [4.69, 9.17) is 9.47 Å². The lowest BCUT2D eigenvalue weighted by Crippen LogP contribution is -2.47. The summed E-state index contributed by atoms with van der Waals surface area (Å²) in [5.41, 5.74) is 2.50. The molecule has 5 rings (SSSR count). The van der Waals surface area contributed by atoms with Crippen LogP contribution in [-0.2, 0) is 11.3 Å². The van der Waals surface area contributed by atoms with Crippen molar-refractivity contribution in [2.24, 2.45) is 0 Å². The van der Waals surface area contributed by atoms with Gasteiger partial charge in [-0.1, -0.05) is 42.8 Å². The van der Waals surface area contributed by atoms with Crippen LogP contribution in [0.4, 0.5) is 5.69 Å². The summed E-state index contributed by atoms with van der Waals surface area (Å²) in [6, 6.07) is 21.9. The first kappa shape index (κ1) is 36.9. The maximum absolute atomic E-state index is 13.1. The van der Waals surface area contributed by atoms with Crippen molar-refractivity contribution >= 4 is 23.4 Å². The van der Waals surface area contributed by atoms with Crippen molar-refractivity contribution in [1.29, 1.82) is 0 Å². The summed E-state index contributed by atoms with van der Waals surface area (Å²) >= 11 is 0. The highest BCUT2D eigenvalue weighted by Gasteiger charge is 2.18. The Balaban J connectivity index is 1.02. The van der Waals surface area contributed by atoms with Crippen molar-refractivity contribution in [3.8, 4) is 11.5 Å². The van der Waals surface area contributed by atoms with Gasteiger partial charge in [-0.2, -0.15) is 0 Å². The lowest BCUT2D eigenvalue weighted by atomic mass is 10.1. The second-order valence-corrected chi connectivity index (χ2v) is 13.3. The standard InChI is InChI=1S/C40H53N5O5/c1-43-25-27-45(28-26-43)38(46)17-4-2-11-29-50-37-16-8-6-14-35(37)42-39(47)33-20-18-32(19-21-33)31-41-40(48)34-13-5-7-15-36(34)49-30-12-24-44-22-9-3-10-23-44/h5-8,13-16,18-21H,2-4,9-12,17,22-31H2,1H3,(H,41,48)(H,42,47). The molecule has 2 aliphatic heterocycles. The zero-order valence-electron chi connectivity index (χ0n) is 29.5. The van der Waals surface area contributed by atoms with Gasteiger partial charge in [0.1, 0.15) is 11.5 Å². The van der Waals surface area contributed by atoms with E-state index in [1.807, 2.05) is 59.5 Å². The number of likely N-dealkylation sites (N-methyl/N-ethyl adjacent to an activating group) is 1. The summed E-state index contributed by atoms with van der Waals surface area (Å²) in [4.78, 5) is 45.3. The van der Waals surface area contributed by atoms with Crippen LogP contribution in [-0.4, -0.2) is 98.5 Å². The zero-order chi connectivity index (χ0) is 35.0. The molecule has 2 fully saturated rings. The molecule has 268 valence electrons. The van der Waals surface area contributed by atoms with Crippen LogP contribution in [0.2, 0.25) is 0 Å². The molecule has 0 aliphatic carbocycles. The van der Waals surface area contributed by atoms with Crippen molar-refractivity contribution in [2.45, 2.75) is 57.9 Å². The van der Waals surface area contributed by atoms with Crippen LogP contribution in [0.25, 0.3) is 0 Å². The number of hydrogen-bond donors (Lipinski definition) is 2. The largest absolute Gasteiger partial charge is 0.493 e. The Kier molecular flexibility index (Phi) is 14.5. The van der Waals surface area contributed by atoms with Crippen molar-refractivity contribution in [1.82, 2.24) is 20.0 Å². The van der Waals surface area contributed by atoms with Gasteiger partial charge in [-0.3, -0.25) is 14.4 Å². The lowest BCUT2D eigenvalue weighted by Gasteiger charge is -2.32. The summed E-state index contributed by atoms with van der Waals surface area (Å²) in [6.45, 7) is 8.25. The first-order valence-corrected chi connectivity index (χ1v) is 18.3. The number of para-hydroxylation sites is 3. The second kappa shape index (κ2) is 19.7. The van der Waals surface area contributed by atoms with Gasteiger partial charge < -0.3 is 34.8 Å².